The molecule has 0 saturated carbocycles. The fraction of sp³-hybridized carbons (Fsp3) is 0.650. The number of alkyl halides is 2. The zero-order valence-corrected chi connectivity index (χ0v) is 15.8. The number of ether oxygens (including phenoxy) is 1. The van der Waals surface area contributed by atoms with Crippen LogP contribution in [-0.4, -0.2) is 33.8 Å². The lowest BCUT2D eigenvalue weighted by molar-refractivity contribution is -0.0966. The summed E-state index contributed by atoms with van der Waals surface area (Å²) in [6.45, 7) is 5.40. The summed E-state index contributed by atoms with van der Waals surface area (Å²) in [6, 6.07) is 2.94. The highest BCUT2D eigenvalue weighted by atomic mass is 19.3. The maximum atomic E-state index is 14.0. The molecular formula is C20H26F3NO3. The van der Waals surface area contributed by atoms with Gasteiger partial charge in [-0.1, -0.05) is 12.1 Å². The molecule has 1 aromatic carbocycles. The molecular weight excluding hydrogens is 359 g/mol. The van der Waals surface area contributed by atoms with E-state index in [2.05, 4.69) is 0 Å². The summed E-state index contributed by atoms with van der Waals surface area (Å²) in [4.78, 5) is 14.3. The number of hydrogen-bond acceptors (Lipinski definition) is 3. The number of rotatable bonds is 2. The van der Waals surface area contributed by atoms with Gasteiger partial charge in [0.15, 0.2) is 0 Å². The fourth-order valence-corrected chi connectivity index (χ4v) is 4.27. The molecule has 1 aromatic rings. The Labute approximate surface area is 157 Å². The molecule has 2 bridgehead atoms. The molecule has 1 N–H and O–H groups in total. The SMILES string of the molecule is CC(C)(C)OC(=O)N1C2CCCC1CC(O)(c1ccc(C(F)F)c(F)c1)C2. The zero-order chi connectivity index (χ0) is 20.0. The van der Waals surface area contributed by atoms with E-state index >= 15 is 0 Å². The van der Waals surface area contributed by atoms with Crippen LogP contribution in [-0.2, 0) is 10.3 Å². The lowest BCUT2D eigenvalue weighted by Gasteiger charge is -2.51. The van der Waals surface area contributed by atoms with Crippen molar-refractivity contribution < 1.29 is 27.8 Å². The van der Waals surface area contributed by atoms with E-state index < -0.39 is 35.1 Å². The van der Waals surface area contributed by atoms with Gasteiger partial charge in [0, 0.05) is 24.9 Å². The van der Waals surface area contributed by atoms with Crippen LogP contribution in [0.4, 0.5) is 18.0 Å². The average molecular weight is 385 g/mol. The second-order valence-corrected chi connectivity index (χ2v) is 8.60. The van der Waals surface area contributed by atoms with Crippen LogP contribution in [0.5, 0.6) is 0 Å². The van der Waals surface area contributed by atoms with E-state index in [1.54, 1.807) is 25.7 Å². The minimum atomic E-state index is -2.90. The second kappa shape index (κ2) is 7.00. The van der Waals surface area contributed by atoms with Gasteiger partial charge in [0.2, 0.25) is 0 Å². The highest BCUT2D eigenvalue weighted by Gasteiger charge is 2.49. The standard InChI is InChI=1S/C20H26F3NO3/c1-19(2,3)27-18(25)24-13-5-4-6-14(24)11-20(26,10-13)12-7-8-15(17(22)23)16(21)9-12/h7-9,13-14,17,26H,4-6,10-11H2,1-3H3. The largest absolute Gasteiger partial charge is 0.444 e. The maximum Gasteiger partial charge on any atom is 0.410 e. The molecule has 0 aromatic heterocycles. The van der Waals surface area contributed by atoms with E-state index in [0.29, 0.717) is 0 Å². The summed E-state index contributed by atoms with van der Waals surface area (Å²) in [5, 5.41) is 11.2. The monoisotopic (exact) mass is 385 g/mol. The summed E-state index contributed by atoms with van der Waals surface area (Å²) in [7, 11) is 0. The minimum Gasteiger partial charge on any atom is -0.444 e. The molecule has 2 atom stereocenters. The molecule has 2 unspecified atom stereocenters. The van der Waals surface area contributed by atoms with Crippen molar-refractivity contribution in [3.05, 3.63) is 35.1 Å². The molecule has 4 nitrogen and oxygen atoms in total. The molecule has 0 radical (unpaired) electrons. The number of halogens is 3. The van der Waals surface area contributed by atoms with Crippen molar-refractivity contribution in [3.63, 3.8) is 0 Å². The highest BCUT2D eigenvalue weighted by Crippen LogP contribution is 2.45. The Balaban J connectivity index is 1.85. The molecule has 2 heterocycles. The molecule has 150 valence electrons. The molecule has 0 aliphatic carbocycles. The quantitative estimate of drug-likeness (QED) is 0.788. The number of carbonyl (C=O) groups excluding carboxylic acids is 1. The first-order valence-corrected chi connectivity index (χ1v) is 9.32. The zero-order valence-electron chi connectivity index (χ0n) is 15.8. The predicted octanol–water partition coefficient (Wildman–Crippen LogP) is 4.90. The number of carbonyl (C=O) groups is 1. The molecule has 1 amide bonds. The van der Waals surface area contributed by atoms with Crippen molar-refractivity contribution in [3.8, 4) is 0 Å². The van der Waals surface area contributed by atoms with Crippen molar-refractivity contribution in [2.45, 2.75) is 82.6 Å². The smallest absolute Gasteiger partial charge is 0.410 e. The fourth-order valence-electron chi connectivity index (χ4n) is 4.27. The Morgan fingerprint density at radius 1 is 1.26 bits per heavy atom. The Kier molecular flexibility index (Phi) is 5.18. The van der Waals surface area contributed by atoms with Gasteiger partial charge >= 0.3 is 6.09 Å². The lowest BCUT2D eigenvalue weighted by atomic mass is 9.72. The van der Waals surface area contributed by atoms with Crippen LogP contribution in [0.3, 0.4) is 0 Å². The van der Waals surface area contributed by atoms with Gasteiger partial charge < -0.3 is 14.7 Å². The number of amides is 1. The number of fused-ring (bicyclic) bond motifs is 2. The van der Waals surface area contributed by atoms with Gasteiger partial charge in [0.1, 0.15) is 11.4 Å². The molecule has 2 aliphatic rings. The first kappa shape index (κ1) is 20.0. The van der Waals surface area contributed by atoms with E-state index in [1.807, 2.05) is 0 Å². The summed E-state index contributed by atoms with van der Waals surface area (Å²) >= 11 is 0. The van der Waals surface area contributed by atoms with Crippen molar-refractivity contribution in [1.29, 1.82) is 0 Å². The molecule has 27 heavy (non-hydrogen) atoms. The molecule has 2 saturated heterocycles. The van der Waals surface area contributed by atoms with E-state index in [4.69, 9.17) is 4.74 Å². The van der Waals surface area contributed by atoms with Gasteiger partial charge in [-0.2, -0.15) is 0 Å². The molecule has 0 spiro atoms. The number of piperidine rings is 2. The Morgan fingerprint density at radius 2 is 1.85 bits per heavy atom. The summed E-state index contributed by atoms with van der Waals surface area (Å²) < 4.78 is 45.1. The molecule has 2 fully saturated rings. The van der Waals surface area contributed by atoms with Crippen LogP contribution in [0.15, 0.2) is 18.2 Å². The Hall–Kier alpha value is -1.76. The summed E-state index contributed by atoms with van der Waals surface area (Å²) in [6.07, 6.45) is -0.471. The summed E-state index contributed by atoms with van der Waals surface area (Å²) in [5.74, 6) is -1.02. The first-order valence-electron chi connectivity index (χ1n) is 9.32. The number of benzene rings is 1. The van der Waals surface area contributed by atoms with Crippen molar-refractivity contribution in [1.82, 2.24) is 4.90 Å². The van der Waals surface area contributed by atoms with Crippen LogP contribution in [0, 0.1) is 5.82 Å². The van der Waals surface area contributed by atoms with E-state index in [9.17, 15) is 23.1 Å². The number of hydrogen-bond donors (Lipinski definition) is 1. The summed E-state index contributed by atoms with van der Waals surface area (Å²) in [5.41, 5.74) is -2.36. The van der Waals surface area contributed by atoms with Crippen molar-refractivity contribution in [2.24, 2.45) is 0 Å². The van der Waals surface area contributed by atoms with Crippen LogP contribution >= 0.6 is 0 Å². The van der Waals surface area contributed by atoms with Gasteiger partial charge in [-0.05, 0) is 51.7 Å². The maximum absolute atomic E-state index is 14.0. The normalized spacial score (nSPS) is 28.4. The van der Waals surface area contributed by atoms with Crippen molar-refractivity contribution >= 4 is 6.09 Å². The average Bonchev–Trinajstić information content (AvgIpc) is 2.51. The second-order valence-electron chi connectivity index (χ2n) is 8.60. The topological polar surface area (TPSA) is 49.8 Å². The van der Waals surface area contributed by atoms with E-state index in [-0.39, 0.29) is 30.5 Å². The van der Waals surface area contributed by atoms with Crippen LogP contribution in [0.2, 0.25) is 0 Å². The van der Waals surface area contributed by atoms with Crippen LogP contribution < -0.4 is 0 Å². The third-order valence-corrected chi connectivity index (χ3v) is 5.39. The predicted molar refractivity (Wildman–Crippen MR) is 94.0 cm³/mol. The number of nitrogens with zero attached hydrogens (tertiary/aromatic N) is 1. The van der Waals surface area contributed by atoms with E-state index in [0.717, 1.165) is 31.4 Å². The van der Waals surface area contributed by atoms with Crippen LogP contribution in [0.25, 0.3) is 0 Å². The molecule has 7 heteroatoms. The highest BCUT2D eigenvalue weighted by molar-refractivity contribution is 5.69. The van der Waals surface area contributed by atoms with Gasteiger partial charge in [-0.25, -0.2) is 18.0 Å². The Morgan fingerprint density at radius 3 is 2.33 bits per heavy atom. The van der Waals surface area contributed by atoms with Gasteiger partial charge in [0.05, 0.1) is 11.2 Å². The Bertz CT molecular complexity index is 703. The number of aliphatic hydroxyl groups is 1. The van der Waals surface area contributed by atoms with E-state index in [1.165, 1.54) is 6.07 Å². The third-order valence-electron chi connectivity index (χ3n) is 5.39. The molecule has 2 aliphatic heterocycles. The first-order chi connectivity index (χ1) is 12.5. The van der Waals surface area contributed by atoms with Gasteiger partial charge in [-0.3, -0.25) is 0 Å². The van der Waals surface area contributed by atoms with Crippen LogP contribution in [0.1, 0.15) is 70.4 Å². The minimum absolute atomic E-state index is 0.227. The van der Waals surface area contributed by atoms with Gasteiger partial charge in [-0.15, -0.1) is 0 Å². The van der Waals surface area contributed by atoms with Gasteiger partial charge in [0.25, 0.3) is 6.43 Å². The van der Waals surface area contributed by atoms with Crippen molar-refractivity contribution in [2.75, 3.05) is 0 Å². The third kappa shape index (κ3) is 4.08. The lowest BCUT2D eigenvalue weighted by Crippen LogP contribution is -2.59. The molecule has 3 rings (SSSR count).